The first-order valence-electron chi connectivity index (χ1n) is 10.0. The van der Waals surface area contributed by atoms with Gasteiger partial charge in [0.05, 0.1) is 0 Å². The van der Waals surface area contributed by atoms with Gasteiger partial charge in [-0.1, -0.05) is 96.8 Å². The van der Waals surface area contributed by atoms with Crippen LogP contribution in [0.15, 0.2) is 0 Å². The zero-order chi connectivity index (χ0) is 17.9. The Morgan fingerprint density at radius 1 is 0.720 bits per heavy atom. The van der Waals surface area contributed by atoms with Crippen LogP contribution in [0.3, 0.4) is 0 Å². The molecule has 0 saturated carbocycles. The first-order valence-corrected chi connectivity index (χ1v) is 10.0. The first kappa shape index (κ1) is 26.9. The number of carbonyl (C=O) groups is 2. The number of rotatable bonds is 18. The summed E-state index contributed by atoms with van der Waals surface area (Å²) in [6.07, 6.45) is 19.7. The van der Waals surface area contributed by atoms with Gasteiger partial charge in [-0.3, -0.25) is 4.79 Å². The Bertz CT molecular complexity index is 318. The van der Waals surface area contributed by atoms with Crippen molar-refractivity contribution in [2.24, 2.45) is 0 Å². The van der Waals surface area contributed by atoms with Crippen LogP contribution in [0.4, 0.5) is 0 Å². The predicted octanol–water partition coefficient (Wildman–Crippen LogP) is 5.72. The van der Waals surface area contributed by atoms with Gasteiger partial charge in [0.15, 0.2) is 6.61 Å². The molecule has 0 unspecified atom stereocenters. The van der Waals surface area contributed by atoms with E-state index in [0.29, 0.717) is 6.42 Å². The molecule has 0 fully saturated rings. The fourth-order valence-corrected chi connectivity index (χ4v) is 2.86. The third kappa shape index (κ3) is 23.7. The van der Waals surface area contributed by atoms with Crippen LogP contribution in [-0.4, -0.2) is 46.7 Å². The van der Waals surface area contributed by atoms with Gasteiger partial charge >= 0.3 is 35.0 Å². The maximum Gasteiger partial charge on any atom is 2.00 e. The molecule has 0 aliphatic carbocycles. The number of esters is 1. The molecule has 0 aliphatic heterocycles. The summed E-state index contributed by atoms with van der Waals surface area (Å²) < 4.78 is 4.58. The molecule has 4 nitrogen and oxygen atoms in total. The van der Waals surface area contributed by atoms with E-state index in [1.54, 1.807) is 0 Å². The van der Waals surface area contributed by atoms with Crippen LogP contribution in [0.1, 0.15) is 113 Å². The molecule has 5 heteroatoms. The summed E-state index contributed by atoms with van der Waals surface area (Å²) in [6, 6.07) is 0. The van der Waals surface area contributed by atoms with E-state index in [-0.39, 0.29) is 25.9 Å². The van der Waals surface area contributed by atoms with Gasteiger partial charge in [-0.2, -0.15) is 0 Å². The van der Waals surface area contributed by atoms with Crippen LogP contribution >= 0.6 is 0 Å². The minimum absolute atomic E-state index is 0. The Morgan fingerprint density at radius 3 is 1.44 bits per heavy atom. The SMILES string of the molecule is CCCCCCCCCCCCCCCCCC(=O)OCC(=O)O.[H-].[H-].[Mg+2]. The zero-order valence-corrected chi connectivity index (χ0v) is 17.8. The van der Waals surface area contributed by atoms with Gasteiger partial charge in [0.2, 0.25) is 0 Å². The number of ether oxygens (including phenoxy) is 1. The van der Waals surface area contributed by atoms with Crippen LogP contribution in [0.5, 0.6) is 0 Å². The van der Waals surface area contributed by atoms with Crippen molar-refractivity contribution in [3.05, 3.63) is 0 Å². The maximum absolute atomic E-state index is 11.2. The molecule has 0 radical (unpaired) electrons. The van der Waals surface area contributed by atoms with Crippen LogP contribution in [-0.2, 0) is 14.3 Å². The molecule has 0 amide bonds. The molecule has 1 N–H and O–H groups in total. The molecule has 0 atom stereocenters. The second-order valence-corrected chi connectivity index (χ2v) is 6.75. The van der Waals surface area contributed by atoms with Crippen LogP contribution in [0.25, 0.3) is 0 Å². The van der Waals surface area contributed by atoms with Crippen molar-refractivity contribution in [3.63, 3.8) is 0 Å². The summed E-state index contributed by atoms with van der Waals surface area (Å²) in [7, 11) is 0. The Morgan fingerprint density at radius 2 is 1.08 bits per heavy atom. The molecule has 25 heavy (non-hydrogen) atoms. The van der Waals surface area contributed by atoms with E-state index >= 15 is 0 Å². The molecular formula is C20H40MgO4. The number of unbranched alkanes of at least 4 members (excludes halogenated alkanes) is 14. The summed E-state index contributed by atoms with van der Waals surface area (Å²) in [5, 5.41) is 8.39. The number of hydrogen-bond donors (Lipinski definition) is 1. The van der Waals surface area contributed by atoms with Crippen molar-refractivity contribution < 1.29 is 22.3 Å². The number of carboxylic acids is 1. The normalized spacial score (nSPS) is 10.3. The summed E-state index contributed by atoms with van der Waals surface area (Å²) in [4.78, 5) is 21.4. The molecule has 0 aromatic heterocycles. The molecule has 0 aromatic rings. The Labute approximate surface area is 173 Å². The summed E-state index contributed by atoms with van der Waals surface area (Å²) in [5.41, 5.74) is 0. The fourth-order valence-electron chi connectivity index (χ4n) is 2.86. The van der Waals surface area contributed by atoms with Crippen molar-refractivity contribution in [1.29, 1.82) is 0 Å². The van der Waals surface area contributed by atoms with Gasteiger partial charge in [0.25, 0.3) is 0 Å². The average molecular weight is 369 g/mol. The van der Waals surface area contributed by atoms with Crippen molar-refractivity contribution in [2.75, 3.05) is 6.61 Å². The van der Waals surface area contributed by atoms with E-state index < -0.39 is 18.5 Å². The zero-order valence-electron chi connectivity index (χ0n) is 18.4. The molecule has 0 saturated heterocycles. The molecule has 0 heterocycles. The summed E-state index contributed by atoms with van der Waals surface area (Å²) in [6.45, 7) is 1.74. The molecule has 0 spiro atoms. The maximum atomic E-state index is 11.2. The summed E-state index contributed by atoms with van der Waals surface area (Å²) in [5.74, 6) is -1.49. The largest absolute Gasteiger partial charge is 2.00 e. The molecular weight excluding hydrogens is 329 g/mol. The Kier molecular flexibility index (Phi) is 23.4. The fraction of sp³-hybridized carbons (Fsp3) is 0.900. The third-order valence-corrected chi connectivity index (χ3v) is 4.34. The molecule has 0 aromatic carbocycles. The van der Waals surface area contributed by atoms with E-state index in [9.17, 15) is 9.59 Å². The second kappa shape index (κ2) is 21.7. The van der Waals surface area contributed by atoms with Crippen LogP contribution < -0.4 is 0 Å². The standard InChI is InChI=1S/C20H38O4.Mg.2H/c1-2-3-4-5-6-7-8-9-10-11-12-13-14-15-16-17-20(23)24-18-19(21)22;;;/h2-18H2,1H3,(H,21,22);;;/q;+2;2*-1. The van der Waals surface area contributed by atoms with Crippen molar-refractivity contribution in [3.8, 4) is 0 Å². The first-order chi connectivity index (χ1) is 11.7. The minimum atomic E-state index is -1.10. The average Bonchev–Trinajstić information content (AvgIpc) is 2.56. The Hall–Kier alpha value is -0.294. The Balaban J connectivity index is -0.000000882. The van der Waals surface area contributed by atoms with Crippen molar-refractivity contribution in [1.82, 2.24) is 0 Å². The number of hydrogen-bond acceptors (Lipinski definition) is 3. The van der Waals surface area contributed by atoms with E-state index in [4.69, 9.17) is 5.11 Å². The molecule has 0 bridgehead atoms. The van der Waals surface area contributed by atoms with Gasteiger partial charge in [-0.25, -0.2) is 4.79 Å². The number of carbonyl (C=O) groups excluding carboxylic acids is 1. The topological polar surface area (TPSA) is 63.6 Å². The van der Waals surface area contributed by atoms with E-state index in [0.717, 1.165) is 19.3 Å². The molecule has 0 rings (SSSR count). The quantitative estimate of drug-likeness (QED) is 0.191. The van der Waals surface area contributed by atoms with Crippen LogP contribution in [0, 0.1) is 0 Å². The third-order valence-electron chi connectivity index (χ3n) is 4.34. The van der Waals surface area contributed by atoms with Gasteiger partial charge in [0, 0.05) is 6.42 Å². The van der Waals surface area contributed by atoms with Crippen LogP contribution in [0.2, 0.25) is 0 Å². The van der Waals surface area contributed by atoms with Crippen molar-refractivity contribution >= 4 is 35.0 Å². The van der Waals surface area contributed by atoms with Crippen molar-refractivity contribution in [2.45, 2.75) is 110 Å². The van der Waals surface area contributed by atoms with Gasteiger partial charge in [-0.05, 0) is 6.42 Å². The van der Waals surface area contributed by atoms with Gasteiger partial charge in [-0.15, -0.1) is 0 Å². The molecule has 146 valence electrons. The van der Waals surface area contributed by atoms with E-state index in [1.165, 1.54) is 77.0 Å². The van der Waals surface area contributed by atoms with Gasteiger partial charge < -0.3 is 12.7 Å². The van der Waals surface area contributed by atoms with E-state index in [2.05, 4.69) is 11.7 Å². The smallest absolute Gasteiger partial charge is 1.00 e. The number of carboxylic acid groups (broad SMARTS) is 1. The summed E-state index contributed by atoms with van der Waals surface area (Å²) >= 11 is 0. The minimum Gasteiger partial charge on any atom is -1.00 e. The monoisotopic (exact) mass is 368 g/mol. The molecule has 0 aliphatic rings. The van der Waals surface area contributed by atoms with Gasteiger partial charge in [0.1, 0.15) is 0 Å². The second-order valence-electron chi connectivity index (χ2n) is 6.75. The van der Waals surface area contributed by atoms with E-state index in [1.807, 2.05) is 0 Å². The predicted molar refractivity (Wildman–Crippen MR) is 106 cm³/mol. The number of aliphatic carboxylic acids is 1.